The van der Waals surface area contributed by atoms with Crippen molar-refractivity contribution >= 4 is 29.5 Å². The van der Waals surface area contributed by atoms with E-state index in [1.807, 2.05) is 0 Å². The molecule has 0 bridgehead atoms. The Balaban J connectivity index is 1.31. The average Bonchev–Trinajstić information content (AvgIpc) is 3.43. The van der Waals surface area contributed by atoms with Crippen molar-refractivity contribution in [2.24, 2.45) is 0 Å². The highest BCUT2D eigenvalue weighted by Gasteiger charge is 2.55. The summed E-state index contributed by atoms with van der Waals surface area (Å²) in [4.78, 5) is 40.1. The molecule has 0 spiro atoms. The standard InChI is InChI=1S/C23H20N2O10/c26-21(27)20-19(25(23(29)35-20)13-2-4-15-17(10-13)33-8-6-31-15)18-11-24(22(28)34-18)12-1-3-14-16(9-12)32-7-5-30-14/h1-4,9-10,18-20H,5-8,11H2,(H,26,27). The van der Waals surface area contributed by atoms with Gasteiger partial charge in [0, 0.05) is 12.1 Å². The van der Waals surface area contributed by atoms with Gasteiger partial charge in [-0.2, -0.15) is 0 Å². The van der Waals surface area contributed by atoms with Crippen molar-refractivity contribution in [2.45, 2.75) is 18.2 Å². The molecule has 35 heavy (non-hydrogen) atoms. The van der Waals surface area contributed by atoms with Gasteiger partial charge in [-0.3, -0.25) is 9.80 Å². The van der Waals surface area contributed by atoms with Gasteiger partial charge >= 0.3 is 18.2 Å². The number of carboxylic acids is 1. The fourth-order valence-electron chi connectivity index (χ4n) is 4.58. The number of fused-ring (bicyclic) bond motifs is 2. The van der Waals surface area contributed by atoms with Crippen molar-refractivity contribution in [1.29, 1.82) is 0 Å². The summed E-state index contributed by atoms with van der Waals surface area (Å²) < 4.78 is 33.0. The molecule has 6 rings (SSSR count). The zero-order valence-electron chi connectivity index (χ0n) is 18.2. The third-order valence-corrected chi connectivity index (χ3v) is 6.13. The Hall–Kier alpha value is -4.35. The van der Waals surface area contributed by atoms with Crippen molar-refractivity contribution < 1.29 is 47.9 Å². The number of nitrogens with zero attached hydrogens (tertiary/aromatic N) is 2. The quantitative estimate of drug-likeness (QED) is 0.687. The molecule has 2 aromatic carbocycles. The minimum Gasteiger partial charge on any atom is -0.486 e. The molecule has 4 aliphatic rings. The third kappa shape index (κ3) is 3.57. The van der Waals surface area contributed by atoms with Crippen LogP contribution in [0.5, 0.6) is 23.0 Å². The molecule has 1 N–H and O–H groups in total. The number of cyclic esters (lactones) is 2. The summed E-state index contributed by atoms with van der Waals surface area (Å²) in [5.41, 5.74) is 0.826. The summed E-state index contributed by atoms with van der Waals surface area (Å²) >= 11 is 0. The number of aliphatic carboxylic acids is 1. The molecule has 182 valence electrons. The first kappa shape index (κ1) is 21.2. The van der Waals surface area contributed by atoms with E-state index < -0.39 is 36.4 Å². The second-order valence-corrected chi connectivity index (χ2v) is 8.19. The number of amides is 2. The van der Waals surface area contributed by atoms with E-state index in [2.05, 4.69) is 0 Å². The number of hydrogen-bond donors (Lipinski definition) is 1. The normalized spacial score (nSPS) is 24.7. The molecule has 0 radical (unpaired) electrons. The predicted molar refractivity (Wildman–Crippen MR) is 117 cm³/mol. The fraction of sp³-hybridized carbons (Fsp3) is 0.348. The van der Waals surface area contributed by atoms with Crippen LogP contribution in [0.2, 0.25) is 0 Å². The molecule has 12 heteroatoms. The van der Waals surface area contributed by atoms with Crippen LogP contribution >= 0.6 is 0 Å². The van der Waals surface area contributed by atoms with E-state index in [0.717, 1.165) is 0 Å². The Labute approximate surface area is 198 Å². The van der Waals surface area contributed by atoms with Crippen molar-refractivity contribution in [3.05, 3.63) is 36.4 Å². The van der Waals surface area contributed by atoms with Gasteiger partial charge in [0.25, 0.3) is 0 Å². The number of carboxylic acid groups (broad SMARTS) is 1. The van der Waals surface area contributed by atoms with E-state index in [-0.39, 0.29) is 6.54 Å². The Morgan fingerprint density at radius 2 is 1.34 bits per heavy atom. The molecular weight excluding hydrogens is 464 g/mol. The van der Waals surface area contributed by atoms with Gasteiger partial charge in [0.15, 0.2) is 23.0 Å². The van der Waals surface area contributed by atoms with Gasteiger partial charge in [-0.05, 0) is 24.3 Å². The molecule has 0 aliphatic carbocycles. The monoisotopic (exact) mass is 484 g/mol. The van der Waals surface area contributed by atoms with E-state index in [9.17, 15) is 19.5 Å². The van der Waals surface area contributed by atoms with Crippen molar-refractivity contribution in [3.63, 3.8) is 0 Å². The Morgan fingerprint density at radius 3 is 1.97 bits per heavy atom. The number of hydrogen-bond acceptors (Lipinski definition) is 9. The second-order valence-electron chi connectivity index (χ2n) is 8.19. The van der Waals surface area contributed by atoms with Crippen LogP contribution in [0.15, 0.2) is 36.4 Å². The molecule has 2 fully saturated rings. The van der Waals surface area contributed by atoms with Gasteiger partial charge in [0.1, 0.15) is 38.6 Å². The van der Waals surface area contributed by atoms with E-state index >= 15 is 0 Å². The van der Waals surface area contributed by atoms with Crippen LogP contribution in [0.3, 0.4) is 0 Å². The highest BCUT2D eigenvalue weighted by molar-refractivity contribution is 5.97. The van der Waals surface area contributed by atoms with Gasteiger partial charge < -0.3 is 33.5 Å². The largest absolute Gasteiger partial charge is 0.486 e. The smallest absolute Gasteiger partial charge is 0.415 e. The van der Waals surface area contributed by atoms with Gasteiger partial charge in [0.05, 0.1) is 17.9 Å². The summed E-state index contributed by atoms with van der Waals surface area (Å²) in [6.07, 6.45) is -4.09. The second kappa shape index (κ2) is 8.15. The molecule has 0 aromatic heterocycles. The highest BCUT2D eigenvalue weighted by atomic mass is 16.6. The lowest BCUT2D eigenvalue weighted by Crippen LogP contribution is -2.50. The maximum absolute atomic E-state index is 12.8. The molecule has 2 saturated heterocycles. The topological polar surface area (TPSA) is 133 Å². The zero-order chi connectivity index (χ0) is 24.1. The predicted octanol–water partition coefficient (Wildman–Crippen LogP) is 2.03. The van der Waals surface area contributed by atoms with Crippen LogP contribution in [0.25, 0.3) is 0 Å². The lowest BCUT2D eigenvalue weighted by molar-refractivity contribution is -0.146. The number of rotatable bonds is 4. The van der Waals surface area contributed by atoms with Gasteiger partial charge in [-0.1, -0.05) is 0 Å². The maximum Gasteiger partial charge on any atom is 0.415 e. The molecule has 2 amide bonds. The Morgan fingerprint density at radius 1 is 0.771 bits per heavy atom. The first-order valence-corrected chi connectivity index (χ1v) is 11.0. The first-order valence-electron chi connectivity index (χ1n) is 11.0. The maximum atomic E-state index is 12.8. The van der Waals surface area contributed by atoms with E-state index in [4.69, 9.17) is 28.4 Å². The van der Waals surface area contributed by atoms with Crippen LogP contribution in [-0.2, 0) is 14.3 Å². The third-order valence-electron chi connectivity index (χ3n) is 6.13. The lowest BCUT2D eigenvalue weighted by atomic mass is 10.0. The summed E-state index contributed by atoms with van der Waals surface area (Å²) in [6, 6.07) is 8.71. The molecule has 3 unspecified atom stereocenters. The van der Waals surface area contributed by atoms with E-state index in [0.29, 0.717) is 60.8 Å². The summed E-state index contributed by atoms with van der Waals surface area (Å²) in [5.74, 6) is 0.633. The number of carbonyl (C=O) groups excluding carboxylic acids is 2. The van der Waals surface area contributed by atoms with E-state index in [1.54, 1.807) is 36.4 Å². The van der Waals surface area contributed by atoms with E-state index in [1.165, 1.54) is 9.80 Å². The van der Waals surface area contributed by atoms with Crippen LogP contribution < -0.4 is 28.7 Å². The Kier molecular flexibility index (Phi) is 4.94. The first-order chi connectivity index (χ1) is 17.0. The van der Waals surface area contributed by atoms with Crippen molar-refractivity contribution in [3.8, 4) is 23.0 Å². The number of benzene rings is 2. The van der Waals surface area contributed by atoms with Crippen LogP contribution in [-0.4, -0.2) is 74.5 Å². The summed E-state index contributed by atoms with van der Waals surface area (Å²) in [6.45, 7) is 1.55. The van der Waals surface area contributed by atoms with Gasteiger partial charge in [0.2, 0.25) is 6.10 Å². The van der Waals surface area contributed by atoms with Crippen molar-refractivity contribution in [1.82, 2.24) is 0 Å². The molecule has 0 saturated carbocycles. The molecule has 12 nitrogen and oxygen atoms in total. The van der Waals surface area contributed by atoms with Crippen LogP contribution in [0.1, 0.15) is 0 Å². The minimum absolute atomic E-state index is 0.00931. The summed E-state index contributed by atoms with van der Waals surface area (Å²) in [7, 11) is 0. The number of ether oxygens (including phenoxy) is 6. The van der Waals surface area contributed by atoms with Crippen molar-refractivity contribution in [2.75, 3.05) is 42.8 Å². The SMILES string of the molecule is O=C(O)C1OC(=O)N(c2ccc3c(c2)OCCO3)C1C1CN(c2ccc3c(c2)OCCO3)C(=O)O1. The van der Waals surface area contributed by atoms with Crippen LogP contribution in [0.4, 0.5) is 21.0 Å². The lowest BCUT2D eigenvalue weighted by Gasteiger charge is -2.28. The molecular formula is C23H20N2O10. The highest BCUT2D eigenvalue weighted by Crippen LogP contribution is 2.40. The van der Waals surface area contributed by atoms with Crippen LogP contribution in [0, 0.1) is 0 Å². The molecule has 3 atom stereocenters. The zero-order valence-corrected chi connectivity index (χ0v) is 18.2. The minimum atomic E-state index is -1.55. The average molecular weight is 484 g/mol. The Bertz CT molecular complexity index is 1220. The molecule has 2 aromatic rings. The molecule has 4 aliphatic heterocycles. The summed E-state index contributed by atoms with van der Waals surface area (Å²) in [5, 5.41) is 9.77. The van der Waals surface area contributed by atoms with Gasteiger partial charge in [-0.25, -0.2) is 14.4 Å². The number of carbonyl (C=O) groups is 3. The number of anilines is 2. The molecule has 4 heterocycles. The fourth-order valence-corrected chi connectivity index (χ4v) is 4.58. The van der Waals surface area contributed by atoms with Gasteiger partial charge in [-0.15, -0.1) is 0 Å².